The molecule has 4 aliphatic rings. The van der Waals surface area contributed by atoms with E-state index in [-0.39, 0.29) is 16.9 Å². The highest BCUT2D eigenvalue weighted by atomic mass is 16.3. The lowest BCUT2D eigenvalue weighted by molar-refractivity contribution is -0.0561. The molecule has 0 aromatic carbocycles. The topological polar surface area (TPSA) is 37.3 Å². The molecule has 4 aliphatic carbocycles. The molecule has 0 saturated heterocycles. The van der Waals surface area contributed by atoms with E-state index in [1.807, 2.05) is 0 Å². The molecule has 3 saturated carbocycles. The van der Waals surface area contributed by atoms with Gasteiger partial charge < -0.3 is 5.11 Å². The van der Waals surface area contributed by atoms with Gasteiger partial charge in [-0.15, -0.1) is 0 Å². The van der Waals surface area contributed by atoms with Crippen LogP contribution < -0.4 is 0 Å². The Morgan fingerprint density at radius 2 is 1.87 bits per heavy atom. The Kier molecular flexibility index (Phi) is 6.15. The van der Waals surface area contributed by atoms with E-state index in [1.54, 1.807) is 0 Å². The molecule has 0 spiro atoms. The Hall–Kier alpha value is -0.850. The van der Waals surface area contributed by atoms with Gasteiger partial charge in [-0.3, -0.25) is 0 Å². The first-order valence-corrected chi connectivity index (χ1v) is 12.8. The molecule has 3 fully saturated rings. The summed E-state index contributed by atoms with van der Waals surface area (Å²) in [6.07, 6.45) is 13.8. The molecule has 0 aliphatic heterocycles. The molecule has 2 heteroatoms. The van der Waals surface area contributed by atoms with Crippen molar-refractivity contribution >= 4 is 5.94 Å². The predicted octanol–water partition coefficient (Wildman–Crippen LogP) is 6.76. The highest BCUT2D eigenvalue weighted by Crippen LogP contribution is 2.68. The van der Waals surface area contributed by atoms with Gasteiger partial charge in [0.15, 0.2) is 0 Å². The SMILES string of the molecule is CC(C)CCC[C@@H](C)[C@H]1C(=C=O)C[C@H]2[C@@H]3CC=C4C[C@@H](O)CC[C@]4(C)[C@H]3CC[C@]12C. The minimum Gasteiger partial charge on any atom is -0.393 e. The molecule has 1 N–H and O–H groups in total. The van der Waals surface area contributed by atoms with Crippen LogP contribution in [0, 0.1) is 46.3 Å². The van der Waals surface area contributed by atoms with Gasteiger partial charge in [0.05, 0.1) is 6.10 Å². The zero-order chi connectivity index (χ0) is 21.7. The predicted molar refractivity (Wildman–Crippen MR) is 124 cm³/mol. The van der Waals surface area contributed by atoms with E-state index in [4.69, 9.17) is 0 Å². The normalized spacial score (nSPS) is 44.0. The van der Waals surface area contributed by atoms with E-state index in [0.29, 0.717) is 23.7 Å². The number of rotatable bonds is 5. The fourth-order valence-electron chi connectivity index (χ4n) is 8.64. The smallest absolute Gasteiger partial charge is 0.123 e. The molecular formula is C28H44O2. The lowest BCUT2D eigenvalue weighted by atomic mass is 9.47. The highest BCUT2D eigenvalue weighted by Gasteiger charge is 2.60. The van der Waals surface area contributed by atoms with E-state index >= 15 is 0 Å². The van der Waals surface area contributed by atoms with E-state index in [2.05, 4.69) is 46.6 Å². The van der Waals surface area contributed by atoms with Crippen LogP contribution in [0.2, 0.25) is 0 Å². The number of fused-ring (bicyclic) bond motifs is 5. The molecule has 2 nitrogen and oxygen atoms in total. The minimum absolute atomic E-state index is 0.137. The minimum atomic E-state index is -0.137. The lowest BCUT2D eigenvalue weighted by Crippen LogP contribution is -2.50. The number of allylic oxidation sites excluding steroid dienone is 2. The maximum atomic E-state index is 12.1. The lowest BCUT2D eigenvalue weighted by Gasteiger charge is -2.58. The number of carbonyl (C=O) groups excluding carboxylic acids is 1. The van der Waals surface area contributed by atoms with Crippen LogP contribution >= 0.6 is 0 Å². The first-order valence-electron chi connectivity index (χ1n) is 12.8. The van der Waals surface area contributed by atoms with Crippen LogP contribution in [0.5, 0.6) is 0 Å². The van der Waals surface area contributed by atoms with Crippen molar-refractivity contribution in [2.45, 2.75) is 105 Å². The quantitative estimate of drug-likeness (QED) is 0.400. The van der Waals surface area contributed by atoms with Crippen molar-refractivity contribution < 1.29 is 9.90 Å². The summed E-state index contributed by atoms with van der Waals surface area (Å²) < 4.78 is 0. The fourth-order valence-corrected chi connectivity index (χ4v) is 8.64. The van der Waals surface area contributed by atoms with Gasteiger partial charge in [0.25, 0.3) is 0 Å². The third-order valence-corrected chi connectivity index (χ3v) is 10.2. The summed E-state index contributed by atoms with van der Waals surface area (Å²) in [6, 6.07) is 0. The van der Waals surface area contributed by atoms with Crippen LogP contribution in [0.3, 0.4) is 0 Å². The Morgan fingerprint density at radius 1 is 1.10 bits per heavy atom. The van der Waals surface area contributed by atoms with Crippen molar-refractivity contribution in [2.24, 2.45) is 46.3 Å². The van der Waals surface area contributed by atoms with Gasteiger partial charge in [0, 0.05) is 5.57 Å². The van der Waals surface area contributed by atoms with Crippen LogP contribution in [0.1, 0.15) is 98.8 Å². The third kappa shape index (κ3) is 3.57. The van der Waals surface area contributed by atoms with E-state index in [1.165, 1.54) is 37.7 Å². The molecule has 0 amide bonds. The number of hydrogen-bond donors (Lipinski definition) is 1. The standard InChI is InChI=1S/C28H44O2/c1-18(2)7-6-8-19(3)26-20(17-29)15-25-23-10-9-21-16-22(30)11-13-27(21,4)24(23)12-14-28(25,26)5/h9,18-19,22-26,30H,6-8,10-16H2,1-5H3/t19-,22+,23-,24+,25+,26+,27+,28+/m1/s1. The van der Waals surface area contributed by atoms with Crippen molar-refractivity contribution in [2.75, 3.05) is 0 Å². The first-order chi connectivity index (χ1) is 14.2. The number of aliphatic hydroxyl groups is 1. The van der Waals surface area contributed by atoms with Crippen molar-refractivity contribution in [1.82, 2.24) is 0 Å². The first kappa shape index (κ1) is 22.3. The fraction of sp³-hybridized carbons (Fsp3) is 0.857. The zero-order valence-corrected chi connectivity index (χ0v) is 20.0. The number of hydrogen-bond acceptors (Lipinski definition) is 2. The van der Waals surface area contributed by atoms with Crippen molar-refractivity contribution in [3.8, 4) is 0 Å². The summed E-state index contributed by atoms with van der Waals surface area (Å²) in [4.78, 5) is 12.1. The molecule has 0 bridgehead atoms. The van der Waals surface area contributed by atoms with Crippen molar-refractivity contribution in [3.63, 3.8) is 0 Å². The Morgan fingerprint density at radius 3 is 2.57 bits per heavy atom. The molecule has 0 aromatic rings. The van der Waals surface area contributed by atoms with Crippen LogP contribution in [0.25, 0.3) is 0 Å². The van der Waals surface area contributed by atoms with Gasteiger partial charge in [0.2, 0.25) is 0 Å². The van der Waals surface area contributed by atoms with Crippen molar-refractivity contribution in [3.05, 3.63) is 17.2 Å². The van der Waals surface area contributed by atoms with Gasteiger partial charge >= 0.3 is 0 Å². The average molecular weight is 413 g/mol. The van der Waals surface area contributed by atoms with Crippen molar-refractivity contribution in [1.29, 1.82) is 0 Å². The summed E-state index contributed by atoms with van der Waals surface area (Å²) in [5.74, 6) is 6.30. The second-order valence-electron chi connectivity index (χ2n) is 12.3. The molecule has 4 rings (SSSR count). The van der Waals surface area contributed by atoms with Crippen LogP contribution in [-0.4, -0.2) is 17.2 Å². The average Bonchev–Trinajstić information content (AvgIpc) is 3.00. The van der Waals surface area contributed by atoms with Crippen LogP contribution in [0.15, 0.2) is 17.2 Å². The van der Waals surface area contributed by atoms with Gasteiger partial charge in [0.1, 0.15) is 5.94 Å². The molecule has 0 heterocycles. The monoisotopic (exact) mass is 412 g/mol. The second kappa shape index (κ2) is 8.25. The Bertz CT molecular complexity index is 729. The van der Waals surface area contributed by atoms with Gasteiger partial charge in [-0.2, -0.15) is 0 Å². The number of aliphatic hydroxyl groups excluding tert-OH is 1. The van der Waals surface area contributed by atoms with Gasteiger partial charge in [-0.25, -0.2) is 4.79 Å². The van der Waals surface area contributed by atoms with E-state index in [9.17, 15) is 9.90 Å². The maximum absolute atomic E-state index is 12.1. The summed E-state index contributed by atoms with van der Waals surface area (Å²) in [7, 11) is 0. The second-order valence-corrected chi connectivity index (χ2v) is 12.3. The molecule has 0 unspecified atom stereocenters. The molecule has 8 atom stereocenters. The zero-order valence-electron chi connectivity index (χ0n) is 20.0. The summed E-state index contributed by atoms with van der Waals surface area (Å²) in [5, 5.41) is 10.2. The summed E-state index contributed by atoms with van der Waals surface area (Å²) >= 11 is 0. The third-order valence-electron chi connectivity index (χ3n) is 10.2. The van der Waals surface area contributed by atoms with Gasteiger partial charge in [-0.05, 0) is 91.3 Å². The van der Waals surface area contributed by atoms with E-state index in [0.717, 1.165) is 49.5 Å². The van der Waals surface area contributed by atoms with Gasteiger partial charge in [-0.1, -0.05) is 65.5 Å². The molecule has 168 valence electrons. The summed E-state index contributed by atoms with van der Waals surface area (Å²) in [5.41, 5.74) is 3.18. The molecule has 0 aromatic heterocycles. The Balaban J connectivity index is 1.58. The molecule has 30 heavy (non-hydrogen) atoms. The van der Waals surface area contributed by atoms with E-state index < -0.39 is 0 Å². The van der Waals surface area contributed by atoms with Crippen LogP contribution in [-0.2, 0) is 4.79 Å². The largest absolute Gasteiger partial charge is 0.393 e. The highest BCUT2D eigenvalue weighted by molar-refractivity contribution is 5.56. The molecule has 0 radical (unpaired) electrons. The van der Waals surface area contributed by atoms with Crippen LogP contribution in [0.4, 0.5) is 0 Å². The maximum Gasteiger partial charge on any atom is 0.123 e. The molecular weight excluding hydrogens is 368 g/mol. The Labute approximate surface area is 184 Å². The summed E-state index contributed by atoms with van der Waals surface area (Å²) in [6.45, 7) is 12.0.